The molecule has 0 fully saturated rings. The molecular formula is C51H47NO4. The van der Waals surface area contributed by atoms with E-state index in [1.807, 2.05) is 30.3 Å². The van der Waals surface area contributed by atoms with E-state index in [1.54, 1.807) is 12.1 Å². The van der Waals surface area contributed by atoms with Crippen molar-refractivity contribution in [3.63, 3.8) is 0 Å². The highest BCUT2D eigenvalue weighted by atomic mass is 16.4. The van der Waals surface area contributed by atoms with Crippen LogP contribution in [0, 0.1) is 12.3 Å². The highest BCUT2D eigenvalue weighted by Crippen LogP contribution is 2.52. The number of benzene rings is 6. The number of aryl methyl sites for hydroxylation is 1. The molecule has 6 aromatic rings. The van der Waals surface area contributed by atoms with Crippen molar-refractivity contribution in [1.29, 1.82) is 0 Å². The van der Waals surface area contributed by atoms with Gasteiger partial charge in [0.2, 0.25) is 0 Å². The Hall–Kier alpha value is -6.20. The molecule has 8 rings (SSSR count). The molecule has 0 saturated carbocycles. The SMILES string of the molecule is Cc1ccc(CCNc2cc(-c3ccc4ccccc4c3C(=O)C=Cc3ccc(C(=O)O)c(O)c3)cc3ccc4c(c23)C(C)(C)CC2=C4C=CC(C)(C)C2)cc1. The third-order valence-corrected chi connectivity index (χ3v) is 11.5. The number of ketones is 1. The minimum Gasteiger partial charge on any atom is -0.507 e. The summed E-state index contributed by atoms with van der Waals surface area (Å²) in [5.41, 5.74) is 11.8. The second-order valence-electron chi connectivity index (χ2n) is 16.8. The first kappa shape index (κ1) is 36.8. The van der Waals surface area contributed by atoms with Gasteiger partial charge in [-0.05, 0) is 122 Å². The number of fused-ring (bicyclic) bond motifs is 5. The molecule has 2 aliphatic carbocycles. The zero-order valence-corrected chi connectivity index (χ0v) is 32.7. The number of carboxylic acids is 1. The van der Waals surface area contributed by atoms with Crippen molar-refractivity contribution in [1.82, 2.24) is 0 Å². The highest BCUT2D eigenvalue weighted by Gasteiger charge is 2.37. The number of carbonyl (C=O) groups excluding carboxylic acids is 1. The fraction of sp³-hybridized carbons (Fsp3) is 0.216. The van der Waals surface area contributed by atoms with E-state index in [9.17, 15) is 19.8 Å². The Bertz CT molecular complexity index is 2670. The maximum Gasteiger partial charge on any atom is 0.339 e. The van der Waals surface area contributed by atoms with Crippen molar-refractivity contribution >= 4 is 50.6 Å². The van der Waals surface area contributed by atoms with E-state index in [0.717, 1.165) is 58.8 Å². The van der Waals surface area contributed by atoms with Crippen LogP contribution < -0.4 is 5.32 Å². The molecule has 2 aliphatic rings. The molecule has 0 aliphatic heterocycles. The first-order valence-corrected chi connectivity index (χ1v) is 19.4. The molecular weight excluding hydrogens is 691 g/mol. The van der Waals surface area contributed by atoms with E-state index in [0.29, 0.717) is 11.1 Å². The number of allylic oxidation sites excluding steroid dienone is 5. The lowest BCUT2D eigenvalue weighted by Gasteiger charge is -2.40. The average molecular weight is 738 g/mol. The molecule has 5 nitrogen and oxygen atoms in total. The number of hydrogen-bond acceptors (Lipinski definition) is 4. The molecule has 0 amide bonds. The molecule has 280 valence electrons. The predicted octanol–water partition coefficient (Wildman–Crippen LogP) is 12.3. The van der Waals surface area contributed by atoms with Gasteiger partial charge in [0.25, 0.3) is 0 Å². The third kappa shape index (κ3) is 6.94. The van der Waals surface area contributed by atoms with E-state index in [1.165, 1.54) is 57.0 Å². The largest absolute Gasteiger partial charge is 0.507 e. The Morgan fingerprint density at radius 3 is 2.34 bits per heavy atom. The van der Waals surface area contributed by atoms with Crippen molar-refractivity contribution in [2.24, 2.45) is 5.41 Å². The predicted molar refractivity (Wildman–Crippen MR) is 231 cm³/mol. The molecule has 3 N–H and O–H groups in total. The lowest BCUT2D eigenvalue weighted by Crippen LogP contribution is -2.28. The third-order valence-electron chi connectivity index (χ3n) is 11.5. The summed E-state index contributed by atoms with van der Waals surface area (Å²) >= 11 is 0. The van der Waals surface area contributed by atoms with Crippen molar-refractivity contribution < 1.29 is 19.8 Å². The van der Waals surface area contributed by atoms with E-state index in [-0.39, 0.29) is 27.9 Å². The molecule has 0 spiro atoms. The molecule has 56 heavy (non-hydrogen) atoms. The fourth-order valence-electron chi connectivity index (χ4n) is 8.84. The molecule has 0 radical (unpaired) electrons. The van der Waals surface area contributed by atoms with E-state index in [2.05, 4.69) is 107 Å². The normalized spacial score (nSPS) is 15.6. The van der Waals surface area contributed by atoms with Gasteiger partial charge in [-0.1, -0.05) is 136 Å². The molecule has 0 heterocycles. The topological polar surface area (TPSA) is 86.6 Å². The van der Waals surface area contributed by atoms with Gasteiger partial charge in [-0.2, -0.15) is 0 Å². The Morgan fingerprint density at radius 1 is 0.821 bits per heavy atom. The lowest BCUT2D eigenvalue weighted by atomic mass is 9.64. The molecule has 0 aromatic heterocycles. The summed E-state index contributed by atoms with van der Waals surface area (Å²) in [6.45, 7) is 12.3. The van der Waals surface area contributed by atoms with Crippen LogP contribution in [0.1, 0.15) is 89.1 Å². The van der Waals surface area contributed by atoms with Gasteiger partial charge in [-0.15, -0.1) is 0 Å². The molecule has 0 unspecified atom stereocenters. The van der Waals surface area contributed by atoms with Gasteiger partial charge in [0.1, 0.15) is 11.3 Å². The van der Waals surface area contributed by atoms with Gasteiger partial charge in [-0.3, -0.25) is 4.79 Å². The number of anilines is 1. The number of aromatic carboxylic acids is 1. The quantitative estimate of drug-likeness (QED) is 0.102. The maximum absolute atomic E-state index is 14.4. The van der Waals surface area contributed by atoms with Crippen molar-refractivity contribution in [3.05, 3.63) is 166 Å². The molecule has 0 saturated heterocycles. The van der Waals surface area contributed by atoms with Gasteiger partial charge in [0, 0.05) is 23.2 Å². The minimum atomic E-state index is -1.21. The lowest BCUT2D eigenvalue weighted by molar-refractivity contribution is 0.0693. The van der Waals surface area contributed by atoms with Crippen LogP contribution in [0.2, 0.25) is 0 Å². The van der Waals surface area contributed by atoms with Crippen molar-refractivity contribution in [3.8, 4) is 16.9 Å². The number of rotatable bonds is 9. The van der Waals surface area contributed by atoms with Crippen LogP contribution in [0.3, 0.4) is 0 Å². The first-order valence-electron chi connectivity index (χ1n) is 19.4. The van der Waals surface area contributed by atoms with Crippen molar-refractivity contribution in [2.75, 3.05) is 11.9 Å². The summed E-state index contributed by atoms with van der Waals surface area (Å²) in [6, 6.07) is 34.1. The van der Waals surface area contributed by atoms with Crippen LogP contribution in [0.4, 0.5) is 5.69 Å². The molecule has 5 heteroatoms. The average Bonchev–Trinajstić information content (AvgIpc) is 3.16. The van der Waals surface area contributed by atoms with Gasteiger partial charge < -0.3 is 15.5 Å². The fourth-order valence-corrected chi connectivity index (χ4v) is 8.84. The van der Waals surface area contributed by atoms with Crippen LogP contribution in [0.5, 0.6) is 5.75 Å². The standard InChI is InChI=1S/C51H47NO4/c1-31-10-12-32(13-11-31)23-25-52-43-28-36(27-35-17-20-41-38-22-24-50(2,3)29-37(38)30-51(4,5)48(41)46(35)43)40-19-16-34-8-6-7-9-39(34)47(40)44(53)21-15-33-14-18-42(49(55)56)45(54)26-33/h6-22,24,26-28,52,54H,23,25,29-30H2,1-5H3,(H,55,56). The Morgan fingerprint density at radius 2 is 1.57 bits per heavy atom. The Kier molecular flexibility index (Phi) is 9.28. The van der Waals surface area contributed by atoms with Gasteiger partial charge in [0.05, 0.1) is 0 Å². The van der Waals surface area contributed by atoms with Crippen LogP contribution in [-0.2, 0) is 11.8 Å². The zero-order valence-electron chi connectivity index (χ0n) is 32.7. The summed E-state index contributed by atoms with van der Waals surface area (Å²) in [7, 11) is 0. The highest BCUT2D eigenvalue weighted by molar-refractivity contribution is 6.19. The van der Waals surface area contributed by atoms with E-state index in [4.69, 9.17) is 0 Å². The maximum atomic E-state index is 14.4. The monoisotopic (exact) mass is 737 g/mol. The summed E-state index contributed by atoms with van der Waals surface area (Å²) in [4.78, 5) is 25.8. The number of carbonyl (C=O) groups is 2. The number of aromatic hydroxyl groups is 1. The summed E-state index contributed by atoms with van der Waals surface area (Å²) in [6.07, 6.45) is 10.8. The first-order chi connectivity index (χ1) is 26.8. The zero-order chi connectivity index (χ0) is 39.4. The Balaban J connectivity index is 1.28. The summed E-state index contributed by atoms with van der Waals surface area (Å²) < 4.78 is 0. The van der Waals surface area contributed by atoms with Gasteiger partial charge in [0.15, 0.2) is 5.78 Å². The van der Waals surface area contributed by atoms with Crippen LogP contribution >= 0.6 is 0 Å². The molecule has 0 atom stereocenters. The second-order valence-corrected chi connectivity index (χ2v) is 16.8. The van der Waals surface area contributed by atoms with E-state index >= 15 is 0 Å². The number of phenols is 1. The van der Waals surface area contributed by atoms with Gasteiger partial charge in [-0.25, -0.2) is 4.79 Å². The second kappa shape index (κ2) is 14.1. The van der Waals surface area contributed by atoms with Crippen LogP contribution in [0.15, 0.2) is 127 Å². The van der Waals surface area contributed by atoms with Crippen molar-refractivity contribution in [2.45, 2.75) is 59.3 Å². The van der Waals surface area contributed by atoms with Crippen LogP contribution in [0.25, 0.3) is 44.3 Å². The number of nitrogens with one attached hydrogen (secondary N) is 1. The summed E-state index contributed by atoms with van der Waals surface area (Å²) in [5, 5.41) is 27.7. The van der Waals surface area contributed by atoms with Gasteiger partial charge >= 0.3 is 5.97 Å². The summed E-state index contributed by atoms with van der Waals surface area (Å²) in [5.74, 6) is -1.75. The minimum absolute atomic E-state index is 0.101. The van der Waals surface area contributed by atoms with E-state index < -0.39 is 5.97 Å². The number of hydrogen-bond donors (Lipinski definition) is 3. The number of carboxylic acid groups (broad SMARTS) is 1. The smallest absolute Gasteiger partial charge is 0.339 e. The molecule has 6 aromatic carbocycles. The Labute approximate surface area is 328 Å². The van der Waals surface area contributed by atoms with Crippen LogP contribution in [-0.4, -0.2) is 28.5 Å². The molecule has 0 bridgehead atoms.